The number of rotatable bonds is 3. The zero-order valence-electron chi connectivity index (χ0n) is 11.5. The fraction of sp³-hybridized carbons (Fsp3) is 0.0588. The van der Waals surface area contributed by atoms with Gasteiger partial charge in [0, 0.05) is 11.6 Å². The largest absolute Gasteiger partial charge is 0.268 e. The molecule has 0 aliphatic carbocycles. The van der Waals surface area contributed by atoms with Crippen LogP contribution < -0.4 is 5.56 Å². The van der Waals surface area contributed by atoms with Crippen LogP contribution in [0.1, 0.15) is 5.56 Å². The molecule has 0 bridgehead atoms. The summed E-state index contributed by atoms with van der Waals surface area (Å²) in [4.78, 5) is 11.9. The molecule has 0 amide bonds. The topological polar surface area (TPSA) is 34.9 Å². The molecule has 3 aromatic rings. The van der Waals surface area contributed by atoms with E-state index < -0.39 is 5.82 Å². The van der Waals surface area contributed by atoms with Crippen molar-refractivity contribution in [1.82, 2.24) is 9.78 Å². The molecule has 1 heterocycles. The maximum Gasteiger partial charge on any atom is 0.267 e. The van der Waals surface area contributed by atoms with Gasteiger partial charge < -0.3 is 0 Å². The molecule has 0 saturated carbocycles. The lowest BCUT2D eigenvalue weighted by molar-refractivity contribution is 0.608. The third kappa shape index (κ3) is 2.93. The first-order valence-electron chi connectivity index (χ1n) is 6.71. The Morgan fingerprint density at radius 2 is 1.77 bits per heavy atom. The second-order valence-electron chi connectivity index (χ2n) is 4.82. The van der Waals surface area contributed by atoms with Gasteiger partial charge in [-0.3, -0.25) is 4.79 Å². The first-order chi connectivity index (χ1) is 10.6. The number of halogens is 2. The Morgan fingerprint density at radius 3 is 2.55 bits per heavy atom. The Morgan fingerprint density at radius 1 is 0.955 bits per heavy atom. The molecule has 2 aromatic carbocycles. The van der Waals surface area contributed by atoms with Crippen molar-refractivity contribution < 1.29 is 8.78 Å². The second kappa shape index (κ2) is 5.89. The minimum atomic E-state index is -0.411. The molecule has 110 valence electrons. The van der Waals surface area contributed by atoms with Gasteiger partial charge in [0.1, 0.15) is 11.6 Å². The van der Waals surface area contributed by atoms with Gasteiger partial charge in [0.05, 0.1) is 12.2 Å². The smallest absolute Gasteiger partial charge is 0.267 e. The van der Waals surface area contributed by atoms with Crippen LogP contribution in [0, 0.1) is 11.6 Å². The number of benzene rings is 2. The third-order valence-electron chi connectivity index (χ3n) is 3.24. The highest BCUT2D eigenvalue weighted by atomic mass is 19.1. The Labute approximate surface area is 125 Å². The van der Waals surface area contributed by atoms with Crippen molar-refractivity contribution >= 4 is 0 Å². The SMILES string of the molecule is O=c1ccc(-c2ccccc2F)nn1Cc1cccc(F)c1. The molecule has 22 heavy (non-hydrogen) atoms. The monoisotopic (exact) mass is 298 g/mol. The third-order valence-corrected chi connectivity index (χ3v) is 3.24. The molecule has 0 spiro atoms. The Balaban J connectivity index is 2.01. The van der Waals surface area contributed by atoms with Crippen LogP contribution in [0.25, 0.3) is 11.3 Å². The molecular weight excluding hydrogens is 286 g/mol. The average Bonchev–Trinajstić information content (AvgIpc) is 2.50. The molecule has 0 N–H and O–H groups in total. The summed E-state index contributed by atoms with van der Waals surface area (Å²) < 4.78 is 28.2. The van der Waals surface area contributed by atoms with Crippen LogP contribution >= 0.6 is 0 Å². The van der Waals surface area contributed by atoms with Gasteiger partial charge in [-0.2, -0.15) is 5.10 Å². The summed E-state index contributed by atoms with van der Waals surface area (Å²) in [6, 6.07) is 14.9. The molecule has 5 heteroatoms. The van der Waals surface area contributed by atoms with E-state index in [1.807, 2.05) is 0 Å². The van der Waals surface area contributed by atoms with E-state index in [1.54, 1.807) is 30.3 Å². The first kappa shape index (κ1) is 14.1. The predicted octanol–water partition coefficient (Wildman–Crippen LogP) is 3.24. The van der Waals surface area contributed by atoms with E-state index in [1.165, 1.54) is 35.0 Å². The summed E-state index contributed by atoms with van der Waals surface area (Å²) in [5, 5.41) is 4.17. The van der Waals surface area contributed by atoms with Crippen molar-refractivity contribution in [1.29, 1.82) is 0 Å². The van der Waals surface area contributed by atoms with Gasteiger partial charge in [0.25, 0.3) is 5.56 Å². The highest BCUT2D eigenvalue weighted by Gasteiger charge is 2.08. The van der Waals surface area contributed by atoms with Crippen LogP contribution in [0.2, 0.25) is 0 Å². The van der Waals surface area contributed by atoms with E-state index in [0.29, 0.717) is 16.8 Å². The van der Waals surface area contributed by atoms with Crippen molar-refractivity contribution in [3.05, 3.63) is 88.2 Å². The zero-order valence-corrected chi connectivity index (χ0v) is 11.5. The number of hydrogen-bond acceptors (Lipinski definition) is 2. The minimum absolute atomic E-state index is 0.124. The summed E-state index contributed by atoms with van der Waals surface area (Å²) >= 11 is 0. The Kier molecular flexibility index (Phi) is 3.78. The van der Waals surface area contributed by atoms with E-state index in [4.69, 9.17) is 0 Å². The van der Waals surface area contributed by atoms with Gasteiger partial charge in [0.15, 0.2) is 0 Å². The summed E-state index contributed by atoms with van der Waals surface area (Å²) in [5.41, 5.74) is 0.953. The van der Waals surface area contributed by atoms with Gasteiger partial charge in [-0.25, -0.2) is 13.5 Å². The lowest BCUT2D eigenvalue weighted by Crippen LogP contribution is -2.23. The predicted molar refractivity (Wildman–Crippen MR) is 79.4 cm³/mol. The van der Waals surface area contributed by atoms with Gasteiger partial charge in [-0.1, -0.05) is 24.3 Å². The highest BCUT2D eigenvalue weighted by Crippen LogP contribution is 2.19. The molecule has 1 aromatic heterocycles. The van der Waals surface area contributed by atoms with E-state index in [2.05, 4.69) is 5.10 Å². The van der Waals surface area contributed by atoms with Crippen molar-refractivity contribution in [2.24, 2.45) is 0 Å². The lowest BCUT2D eigenvalue weighted by atomic mass is 10.1. The minimum Gasteiger partial charge on any atom is -0.268 e. The second-order valence-corrected chi connectivity index (χ2v) is 4.82. The summed E-state index contributed by atoms with van der Waals surface area (Å²) in [7, 11) is 0. The number of hydrogen-bond donors (Lipinski definition) is 0. The van der Waals surface area contributed by atoms with E-state index in [-0.39, 0.29) is 17.9 Å². The summed E-state index contributed by atoms with van der Waals surface area (Å²) in [6.07, 6.45) is 0. The highest BCUT2D eigenvalue weighted by molar-refractivity contribution is 5.58. The molecule has 0 aliphatic heterocycles. The molecule has 0 saturated heterocycles. The molecule has 3 nitrogen and oxygen atoms in total. The van der Waals surface area contributed by atoms with Crippen molar-refractivity contribution in [2.45, 2.75) is 6.54 Å². The van der Waals surface area contributed by atoms with Crippen LogP contribution in [0.3, 0.4) is 0 Å². The van der Waals surface area contributed by atoms with Crippen molar-refractivity contribution in [3.63, 3.8) is 0 Å². The van der Waals surface area contributed by atoms with Crippen LogP contribution in [-0.2, 0) is 6.54 Å². The van der Waals surface area contributed by atoms with E-state index in [0.717, 1.165) is 0 Å². The Hall–Kier alpha value is -2.82. The number of nitrogens with zero attached hydrogens (tertiary/aromatic N) is 2. The molecule has 0 radical (unpaired) electrons. The van der Waals surface area contributed by atoms with Gasteiger partial charge in [0.2, 0.25) is 0 Å². The van der Waals surface area contributed by atoms with E-state index in [9.17, 15) is 13.6 Å². The quantitative estimate of drug-likeness (QED) is 0.744. The van der Waals surface area contributed by atoms with Gasteiger partial charge >= 0.3 is 0 Å². The number of aromatic nitrogens is 2. The Bertz CT molecular complexity index is 874. The van der Waals surface area contributed by atoms with Gasteiger partial charge in [-0.05, 0) is 35.9 Å². The van der Waals surface area contributed by atoms with Crippen molar-refractivity contribution in [2.75, 3.05) is 0 Å². The normalized spacial score (nSPS) is 10.6. The zero-order chi connectivity index (χ0) is 15.5. The fourth-order valence-electron chi connectivity index (χ4n) is 2.18. The standard InChI is InChI=1S/C17H12F2N2O/c18-13-5-3-4-12(10-13)11-21-17(22)9-8-16(20-21)14-6-1-2-7-15(14)19/h1-10H,11H2. The maximum atomic E-state index is 13.8. The fourth-order valence-corrected chi connectivity index (χ4v) is 2.18. The lowest BCUT2D eigenvalue weighted by Gasteiger charge is -2.08. The summed E-state index contributed by atoms with van der Waals surface area (Å²) in [5.74, 6) is -0.790. The molecular formula is C17H12F2N2O. The molecule has 0 fully saturated rings. The van der Waals surface area contributed by atoms with Crippen LogP contribution in [0.5, 0.6) is 0 Å². The van der Waals surface area contributed by atoms with Crippen molar-refractivity contribution in [3.8, 4) is 11.3 Å². The molecule has 3 rings (SSSR count). The van der Waals surface area contributed by atoms with Gasteiger partial charge in [-0.15, -0.1) is 0 Å². The summed E-state index contributed by atoms with van der Waals surface area (Å²) in [6.45, 7) is 0.124. The van der Waals surface area contributed by atoms with Crippen LogP contribution in [-0.4, -0.2) is 9.78 Å². The molecule has 0 unspecified atom stereocenters. The first-order valence-corrected chi connectivity index (χ1v) is 6.71. The molecule has 0 atom stereocenters. The average molecular weight is 298 g/mol. The maximum absolute atomic E-state index is 13.8. The van der Waals surface area contributed by atoms with E-state index >= 15 is 0 Å². The van der Waals surface area contributed by atoms with Crippen LogP contribution in [0.4, 0.5) is 8.78 Å². The molecule has 0 aliphatic rings. The van der Waals surface area contributed by atoms with Crippen LogP contribution in [0.15, 0.2) is 65.5 Å².